The third-order valence-corrected chi connectivity index (χ3v) is 5.96. The van der Waals surface area contributed by atoms with Crippen molar-refractivity contribution in [3.05, 3.63) is 103 Å². The van der Waals surface area contributed by atoms with E-state index >= 15 is 0 Å². The number of benzene rings is 2. The molecule has 10 heteroatoms. The van der Waals surface area contributed by atoms with Crippen molar-refractivity contribution in [2.24, 2.45) is 0 Å². The minimum absolute atomic E-state index is 0.0131. The predicted molar refractivity (Wildman–Crippen MR) is 120 cm³/mol. The second kappa shape index (κ2) is 8.18. The van der Waals surface area contributed by atoms with Crippen molar-refractivity contribution in [2.75, 3.05) is 6.54 Å². The highest BCUT2D eigenvalue weighted by Gasteiger charge is 2.42. The highest BCUT2D eigenvalue weighted by atomic mass is 35.5. The first-order valence-electron chi connectivity index (χ1n) is 10.2. The third kappa shape index (κ3) is 3.66. The van der Waals surface area contributed by atoms with E-state index in [-0.39, 0.29) is 33.4 Å². The van der Waals surface area contributed by atoms with Crippen LogP contribution in [-0.4, -0.2) is 31.8 Å². The van der Waals surface area contributed by atoms with Gasteiger partial charge in [0.15, 0.2) is 5.43 Å². The number of carbonyl (C=O) groups excluding carboxylic acids is 1. The number of fused-ring (bicyclic) bond motifs is 2. The largest absolute Gasteiger partial charge is 0.450 e. The Bertz CT molecular complexity index is 1430. The number of amides is 1. The average Bonchev–Trinajstić information content (AvgIpc) is 3.42. The van der Waals surface area contributed by atoms with Crippen LogP contribution >= 0.6 is 11.6 Å². The Kier molecular flexibility index (Phi) is 5.18. The first-order chi connectivity index (χ1) is 15.9. The van der Waals surface area contributed by atoms with E-state index in [4.69, 9.17) is 16.0 Å². The van der Waals surface area contributed by atoms with Gasteiger partial charge in [-0.25, -0.2) is 4.98 Å². The van der Waals surface area contributed by atoms with Gasteiger partial charge in [-0.2, -0.15) is 0 Å². The molecule has 0 saturated heterocycles. The molecule has 3 heterocycles. The van der Waals surface area contributed by atoms with Crippen LogP contribution in [-0.2, 0) is 6.54 Å². The molecule has 1 unspecified atom stereocenters. The van der Waals surface area contributed by atoms with Crippen LogP contribution < -0.4 is 5.43 Å². The van der Waals surface area contributed by atoms with E-state index in [1.54, 1.807) is 41.7 Å². The number of nitro groups is 1. The van der Waals surface area contributed by atoms with Crippen molar-refractivity contribution in [2.45, 2.75) is 19.0 Å². The molecule has 2 aromatic heterocycles. The summed E-state index contributed by atoms with van der Waals surface area (Å²) in [6, 6.07) is 9.80. The molecule has 0 saturated carbocycles. The number of rotatable bonds is 6. The first kappa shape index (κ1) is 20.9. The fourth-order valence-corrected chi connectivity index (χ4v) is 4.36. The molecular weight excluding hydrogens is 448 g/mol. The number of imidazole rings is 1. The van der Waals surface area contributed by atoms with E-state index < -0.39 is 16.9 Å². The van der Waals surface area contributed by atoms with Gasteiger partial charge in [-0.15, -0.1) is 0 Å². The van der Waals surface area contributed by atoms with Crippen LogP contribution in [0, 0.1) is 10.1 Å². The van der Waals surface area contributed by atoms with Gasteiger partial charge in [0.25, 0.3) is 11.6 Å². The zero-order chi connectivity index (χ0) is 23.1. The van der Waals surface area contributed by atoms with Crippen molar-refractivity contribution >= 4 is 34.2 Å². The van der Waals surface area contributed by atoms with Gasteiger partial charge in [0.1, 0.15) is 5.58 Å². The minimum atomic E-state index is -0.726. The van der Waals surface area contributed by atoms with Crippen LogP contribution in [0.25, 0.3) is 11.0 Å². The Morgan fingerprint density at radius 1 is 1.12 bits per heavy atom. The highest BCUT2D eigenvalue weighted by Crippen LogP contribution is 2.38. The molecule has 9 nitrogen and oxygen atoms in total. The number of carbonyl (C=O) groups is 1. The molecule has 2 aromatic carbocycles. The SMILES string of the molecule is O=C1c2oc3ccc(Cl)cc3c(=O)c2C(c2ccc([N+](=O)[O-])cc2)N1CCCn1ccnc1. The minimum Gasteiger partial charge on any atom is -0.450 e. The summed E-state index contributed by atoms with van der Waals surface area (Å²) in [5.41, 5.74) is 0.657. The van der Waals surface area contributed by atoms with Crippen molar-refractivity contribution in [3.63, 3.8) is 0 Å². The Balaban J connectivity index is 1.60. The number of nitro benzene ring substituents is 1. The lowest BCUT2D eigenvalue weighted by atomic mass is 9.98. The topological polar surface area (TPSA) is 111 Å². The van der Waals surface area contributed by atoms with E-state index in [2.05, 4.69) is 4.98 Å². The molecule has 1 aliphatic rings. The molecule has 0 fully saturated rings. The maximum Gasteiger partial charge on any atom is 0.290 e. The predicted octanol–water partition coefficient (Wildman–Crippen LogP) is 4.19. The second-order valence-electron chi connectivity index (χ2n) is 7.72. The van der Waals surface area contributed by atoms with Crippen molar-refractivity contribution in [1.82, 2.24) is 14.5 Å². The van der Waals surface area contributed by atoms with Crippen LogP contribution in [0.2, 0.25) is 5.02 Å². The summed E-state index contributed by atoms with van der Waals surface area (Å²) in [7, 11) is 0. The van der Waals surface area contributed by atoms with Crippen LogP contribution in [0.4, 0.5) is 5.69 Å². The maximum atomic E-state index is 13.5. The zero-order valence-corrected chi connectivity index (χ0v) is 17.9. The van der Waals surface area contributed by atoms with Gasteiger partial charge in [-0.05, 0) is 42.3 Å². The van der Waals surface area contributed by atoms with Gasteiger partial charge in [-0.3, -0.25) is 19.7 Å². The number of aromatic nitrogens is 2. The molecule has 0 N–H and O–H groups in total. The Morgan fingerprint density at radius 2 is 1.91 bits per heavy atom. The van der Waals surface area contributed by atoms with Crippen LogP contribution in [0.5, 0.6) is 0 Å². The lowest BCUT2D eigenvalue weighted by Crippen LogP contribution is -2.31. The number of hydrogen-bond donors (Lipinski definition) is 0. The van der Waals surface area contributed by atoms with Crippen molar-refractivity contribution in [1.29, 1.82) is 0 Å². The Morgan fingerprint density at radius 3 is 2.61 bits per heavy atom. The summed E-state index contributed by atoms with van der Waals surface area (Å²) in [6.45, 7) is 0.978. The molecular formula is C23H17ClN4O5. The average molecular weight is 465 g/mol. The van der Waals surface area contributed by atoms with E-state index in [9.17, 15) is 19.7 Å². The molecule has 0 radical (unpaired) electrons. The van der Waals surface area contributed by atoms with Gasteiger partial charge in [0.05, 0.1) is 28.2 Å². The number of halogens is 1. The standard InChI is InChI=1S/C23H17ClN4O5/c24-15-4-7-18-17(12-15)21(29)19-20(14-2-5-16(6-3-14)28(31)32)27(23(30)22(19)33-18)10-1-9-26-11-8-25-13-26/h2-8,11-13,20H,1,9-10H2. The number of non-ortho nitro benzene ring substituents is 1. The van der Waals surface area contributed by atoms with Crippen LogP contribution in [0.3, 0.4) is 0 Å². The molecule has 5 rings (SSSR count). The molecule has 1 atom stereocenters. The molecule has 1 aliphatic heterocycles. The lowest BCUT2D eigenvalue weighted by molar-refractivity contribution is -0.384. The van der Waals surface area contributed by atoms with Gasteiger partial charge in [0.2, 0.25) is 5.76 Å². The van der Waals surface area contributed by atoms with Crippen molar-refractivity contribution < 1.29 is 14.1 Å². The second-order valence-corrected chi connectivity index (χ2v) is 8.15. The van der Waals surface area contributed by atoms with Crippen LogP contribution in [0.15, 0.2) is 70.4 Å². The quantitative estimate of drug-likeness (QED) is 0.312. The first-order valence-corrected chi connectivity index (χ1v) is 10.6. The zero-order valence-electron chi connectivity index (χ0n) is 17.2. The molecule has 0 spiro atoms. The Hall–Kier alpha value is -3.98. The van der Waals surface area contributed by atoms with E-state index in [0.717, 1.165) is 0 Å². The van der Waals surface area contributed by atoms with Gasteiger partial charge < -0.3 is 13.9 Å². The third-order valence-electron chi connectivity index (χ3n) is 5.72. The fraction of sp³-hybridized carbons (Fsp3) is 0.174. The summed E-state index contributed by atoms with van der Waals surface area (Å²) in [6.07, 6.45) is 5.81. The van der Waals surface area contributed by atoms with Gasteiger partial charge in [0, 0.05) is 42.6 Å². The fourth-order valence-electron chi connectivity index (χ4n) is 4.19. The summed E-state index contributed by atoms with van der Waals surface area (Å²) in [5, 5.41) is 11.7. The molecule has 166 valence electrons. The maximum absolute atomic E-state index is 13.5. The molecule has 4 aromatic rings. The summed E-state index contributed by atoms with van der Waals surface area (Å²) >= 11 is 6.09. The smallest absolute Gasteiger partial charge is 0.290 e. The van der Waals surface area contributed by atoms with Gasteiger partial charge in [-0.1, -0.05) is 11.6 Å². The molecule has 1 amide bonds. The Labute approximate surface area is 192 Å². The van der Waals surface area contributed by atoms with Crippen LogP contribution in [0.1, 0.15) is 34.1 Å². The lowest BCUT2D eigenvalue weighted by Gasteiger charge is -2.25. The molecule has 0 aliphatic carbocycles. The summed E-state index contributed by atoms with van der Waals surface area (Å²) in [4.78, 5) is 43.0. The summed E-state index contributed by atoms with van der Waals surface area (Å²) < 4.78 is 7.77. The number of aryl methyl sites for hydroxylation is 1. The van der Waals surface area contributed by atoms with Gasteiger partial charge >= 0.3 is 0 Å². The highest BCUT2D eigenvalue weighted by molar-refractivity contribution is 6.31. The summed E-state index contributed by atoms with van der Waals surface area (Å²) in [5.74, 6) is -0.409. The molecule has 0 bridgehead atoms. The van der Waals surface area contributed by atoms with E-state index in [1.807, 2.05) is 10.8 Å². The number of nitrogens with zero attached hydrogens (tertiary/aromatic N) is 4. The van der Waals surface area contributed by atoms with Crippen molar-refractivity contribution in [3.8, 4) is 0 Å². The number of hydrogen-bond acceptors (Lipinski definition) is 6. The molecule has 33 heavy (non-hydrogen) atoms. The van der Waals surface area contributed by atoms with E-state index in [1.165, 1.54) is 18.2 Å². The normalized spacial score (nSPS) is 15.2. The monoisotopic (exact) mass is 464 g/mol. The van der Waals surface area contributed by atoms with E-state index in [0.29, 0.717) is 30.1 Å².